The zero-order valence-corrected chi connectivity index (χ0v) is 21.0. The van der Waals surface area contributed by atoms with Gasteiger partial charge in [0.25, 0.3) is 0 Å². The Kier molecular flexibility index (Phi) is 12.5. The van der Waals surface area contributed by atoms with Crippen molar-refractivity contribution in [1.29, 1.82) is 0 Å². The summed E-state index contributed by atoms with van der Waals surface area (Å²) in [7, 11) is 0. The molecule has 4 N–H and O–H groups in total. The first-order valence-corrected chi connectivity index (χ1v) is 12.9. The monoisotopic (exact) mass is 483 g/mol. The fourth-order valence-electron chi connectivity index (χ4n) is 3.68. The van der Waals surface area contributed by atoms with E-state index in [0.717, 1.165) is 13.2 Å². The van der Waals surface area contributed by atoms with Crippen molar-refractivity contribution in [2.75, 3.05) is 26.3 Å². The van der Waals surface area contributed by atoms with Crippen molar-refractivity contribution in [3.05, 3.63) is 23.0 Å². The van der Waals surface area contributed by atoms with Crippen LogP contribution in [0.25, 0.3) is 0 Å². The number of nitrogens with two attached hydrogens (primary N) is 1. The molecule has 1 aliphatic heterocycles. The number of halogens is 1. The number of aromatic carboxylic acids is 1. The minimum absolute atomic E-state index is 0.0706. The number of unbranched alkanes of at least 4 members (excludes halogenated alkanes) is 7. The van der Waals surface area contributed by atoms with Gasteiger partial charge in [-0.1, -0.05) is 63.5 Å². The molecule has 33 heavy (non-hydrogen) atoms. The van der Waals surface area contributed by atoms with Crippen LogP contribution >= 0.6 is 11.6 Å². The molecule has 0 bridgehead atoms. The van der Waals surface area contributed by atoms with E-state index in [1.807, 2.05) is 0 Å². The van der Waals surface area contributed by atoms with Crippen LogP contribution in [-0.4, -0.2) is 54.0 Å². The van der Waals surface area contributed by atoms with Gasteiger partial charge in [0.05, 0.1) is 24.9 Å². The number of aromatic nitrogens is 1. The molecular weight excluding hydrogens is 442 g/mol. The third kappa shape index (κ3) is 9.77. The number of pyridine rings is 1. The highest BCUT2D eigenvalue weighted by Crippen LogP contribution is 2.31. The van der Waals surface area contributed by atoms with E-state index >= 15 is 0 Å². The molecule has 188 valence electrons. The average molecular weight is 484 g/mol. The summed E-state index contributed by atoms with van der Waals surface area (Å²) >= 11 is 5.78. The number of nitrogens with zero attached hydrogens (tertiary/aromatic N) is 1. The van der Waals surface area contributed by atoms with Gasteiger partial charge >= 0.3 is 5.97 Å². The Morgan fingerprint density at radius 1 is 1.24 bits per heavy atom. The van der Waals surface area contributed by atoms with Crippen molar-refractivity contribution in [2.24, 2.45) is 11.7 Å². The summed E-state index contributed by atoms with van der Waals surface area (Å²) in [6.45, 7) is 7.56. The maximum Gasteiger partial charge on any atom is 0.354 e. The van der Waals surface area contributed by atoms with Crippen molar-refractivity contribution in [2.45, 2.75) is 89.7 Å². The lowest BCUT2D eigenvalue weighted by Gasteiger charge is -2.47. The number of rotatable bonds is 15. The summed E-state index contributed by atoms with van der Waals surface area (Å²) in [5.41, 5.74) is 5.83. The van der Waals surface area contributed by atoms with Crippen LogP contribution in [0, 0.1) is 5.92 Å². The lowest BCUT2D eigenvalue weighted by molar-refractivity contribution is -0.134. The second-order valence-electron chi connectivity index (χ2n) is 9.26. The van der Waals surface area contributed by atoms with Crippen molar-refractivity contribution in [3.8, 4) is 5.75 Å². The van der Waals surface area contributed by atoms with Crippen molar-refractivity contribution in [1.82, 2.24) is 10.3 Å². The summed E-state index contributed by atoms with van der Waals surface area (Å²) in [6.07, 6.45) is 13.6. The van der Waals surface area contributed by atoms with Crippen LogP contribution in [0.15, 0.2) is 12.1 Å². The number of carboxylic acids is 1. The second kappa shape index (κ2) is 14.8. The zero-order chi connectivity index (χ0) is 24.1. The largest absolute Gasteiger partial charge is 0.490 e. The lowest BCUT2D eigenvalue weighted by Crippen LogP contribution is -2.69. The summed E-state index contributed by atoms with van der Waals surface area (Å²) in [5, 5.41) is 12.4. The van der Waals surface area contributed by atoms with Gasteiger partial charge in [-0.2, -0.15) is 0 Å². The van der Waals surface area contributed by atoms with Gasteiger partial charge in [0.1, 0.15) is 5.69 Å². The predicted octanol–water partition coefficient (Wildman–Crippen LogP) is 5.05. The van der Waals surface area contributed by atoms with E-state index in [1.165, 1.54) is 70.3 Å². The summed E-state index contributed by atoms with van der Waals surface area (Å²) < 4.78 is 10.8. The summed E-state index contributed by atoms with van der Waals surface area (Å²) in [5.74, 6) is -0.0144. The molecule has 2 aliphatic rings. The fraction of sp³-hybridized carbons (Fsp3) is 0.760. The van der Waals surface area contributed by atoms with E-state index in [1.54, 1.807) is 6.07 Å². The molecule has 0 spiro atoms. The van der Waals surface area contributed by atoms with Gasteiger partial charge in [-0.05, 0) is 50.8 Å². The molecule has 2 unspecified atom stereocenters. The first kappa shape index (κ1) is 27.8. The number of carboxylic acid groups (broad SMARTS) is 1. The third-order valence-corrected chi connectivity index (χ3v) is 6.72. The molecule has 1 aliphatic carbocycles. The van der Waals surface area contributed by atoms with E-state index in [-0.39, 0.29) is 22.5 Å². The highest BCUT2D eigenvalue weighted by atomic mass is 35.5. The van der Waals surface area contributed by atoms with E-state index in [0.29, 0.717) is 24.8 Å². The molecule has 2 atom stereocenters. The molecule has 0 radical (unpaired) electrons. The zero-order valence-electron chi connectivity index (χ0n) is 20.3. The highest BCUT2D eigenvalue weighted by molar-refractivity contribution is 6.31. The molecule has 3 rings (SSSR count). The molecule has 2 heterocycles. The van der Waals surface area contributed by atoms with Crippen LogP contribution in [0.4, 0.5) is 0 Å². The molecule has 7 nitrogen and oxygen atoms in total. The Labute approximate surface area is 203 Å². The predicted molar refractivity (Wildman–Crippen MR) is 132 cm³/mol. The smallest absolute Gasteiger partial charge is 0.354 e. The summed E-state index contributed by atoms with van der Waals surface area (Å²) in [6, 6.07) is 2.93. The molecule has 1 saturated carbocycles. The normalized spacial score (nSPS) is 21.6. The van der Waals surface area contributed by atoms with E-state index in [2.05, 4.69) is 24.1 Å². The standard InChI is InChI=1S/C15H32N2O.C10H10ClNO3/c1-3-4-5-6-7-8-9-10-11-17-15(12-16)13-18-14(15)2;11-9-8(15-5-6-1-2-6)4-3-7(12-9)10(13)14/h14,17H,3-13,16H2,1-2H3;3-4,6H,1-2,5H2,(H,13,14). The van der Waals surface area contributed by atoms with Crippen LogP contribution < -0.4 is 15.8 Å². The van der Waals surface area contributed by atoms with E-state index < -0.39 is 5.97 Å². The third-order valence-electron chi connectivity index (χ3n) is 6.45. The molecule has 8 heteroatoms. The van der Waals surface area contributed by atoms with Crippen molar-refractivity contribution >= 4 is 17.6 Å². The maximum absolute atomic E-state index is 10.6. The Morgan fingerprint density at radius 2 is 1.91 bits per heavy atom. The SMILES string of the molecule is CCCCCCCCCCNC1(CN)COC1C.O=C(O)c1ccc(OCC2CC2)c(Cl)n1. The van der Waals surface area contributed by atoms with Gasteiger partial charge < -0.3 is 25.6 Å². The average Bonchev–Trinajstić information content (AvgIpc) is 3.63. The number of ether oxygens (including phenoxy) is 2. The number of hydrogen-bond donors (Lipinski definition) is 3. The maximum atomic E-state index is 10.6. The highest BCUT2D eigenvalue weighted by Gasteiger charge is 2.43. The van der Waals surface area contributed by atoms with Gasteiger partial charge in [0.15, 0.2) is 10.9 Å². The quantitative estimate of drug-likeness (QED) is 0.236. The second-order valence-corrected chi connectivity index (χ2v) is 9.62. The van der Waals surface area contributed by atoms with Gasteiger partial charge in [-0.3, -0.25) is 0 Å². The first-order valence-electron chi connectivity index (χ1n) is 12.5. The molecule has 1 aromatic rings. The van der Waals surface area contributed by atoms with Crippen LogP contribution in [0.1, 0.15) is 88.5 Å². The Morgan fingerprint density at radius 3 is 2.39 bits per heavy atom. The van der Waals surface area contributed by atoms with Crippen LogP contribution in [0.5, 0.6) is 5.75 Å². The topological polar surface area (TPSA) is 107 Å². The fourth-order valence-corrected chi connectivity index (χ4v) is 3.89. The molecule has 1 saturated heterocycles. The van der Waals surface area contributed by atoms with Gasteiger partial charge in [-0.15, -0.1) is 0 Å². The molecule has 0 amide bonds. The number of carbonyl (C=O) groups is 1. The Balaban J connectivity index is 0.000000237. The molecule has 0 aromatic carbocycles. The van der Waals surface area contributed by atoms with Crippen LogP contribution in [0.2, 0.25) is 5.15 Å². The van der Waals surface area contributed by atoms with Gasteiger partial charge in [0.2, 0.25) is 0 Å². The van der Waals surface area contributed by atoms with E-state index in [9.17, 15) is 4.79 Å². The van der Waals surface area contributed by atoms with Crippen molar-refractivity contribution in [3.63, 3.8) is 0 Å². The van der Waals surface area contributed by atoms with Gasteiger partial charge in [0, 0.05) is 6.54 Å². The molecular formula is C25H42ClN3O4. The minimum Gasteiger partial charge on any atom is -0.490 e. The minimum atomic E-state index is -1.09. The van der Waals surface area contributed by atoms with Gasteiger partial charge in [-0.25, -0.2) is 9.78 Å². The lowest BCUT2D eigenvalue weighted by atomic mass is 9.89. The molecule has 1 aromatic heterocycles. The Hall–Kier alpha value is -1.41. The Bertz CT molecular complexity index is 713. The van der Waals surface area contributed by atoms with E-state index in [4.69, 9.17) is 31.9 Å². The number of hydrogen-bond acceptors (Lipinski definition) is 6. The van der Waals surface area contributed by atoms with Crippen molar-refractivity contribution < 1.29 is 19.4 Å². The van der Waals surface area contributed by atoms with Crippen LogP contribution in [0.3, 0.4) is 0 Å². The van der Waals surface area contributed by atoms with Crippen LogP contribution in [-0.2, 0) is 4.74 Å². The summed E-state index contributed by atoms with van der Waals surface area (Å²) in [4.78, 5) is 14.3. The molecule has 2 fully saturated rings. The first-order chi connectivity index (χ1) is 15.9. The number of nitrogens with one attached hydrogen (secondary N) is 1.